The molecule has 0 spiro atoms. The first kappa shape index (κ1) is 18.9. The number of rotatable bonds is 7. The molecule has 0 unspecified atom stereocenters. The first-order chi connectivity index (χ1) is 11.5. The van der Waals surface area contributed by atoms with Crippen molar-refractivity contribution in [3.8, 4) is 0 Å². The lowest BCUT2D eigenvalue weighted by Gasteiger charge is -2.40. The Morgan fingerprint density at radius 2 is 1.79 bits per heavy atom. The van der Waals surface area contributed by atoms with E-state index in [0.717, 1.165) is 18.4 Å². The summed E-state index contributed by atoms with van der Waals surface area (Å²) in [6.07, 6.45) is 6.97. The summed E-state index contributed by atoms with van der Waals surface area (Å²) in [6.45, 7) is 3.00. The molecule has 0 heterocycles. The van der Waals surface area contributed by atoms with E-state index in [0.29, 0.717) is 13.2 Å². The molecule has 24 heavy (non-hydrogen) atoms. The van der Waals surface area contributed by atoms with Gasteiger partial charge in [-0.3, -0.25) is 4.79 Å². The topological polar surface area (TPSA) is 41.6 Å². The highest BCUT2D eigenvalue weighted by Crippen LogP contribution is 2.30. The first-order valence-electron chi connectivity index (χ1n) is 9.14. The normalized spacial score (nSPS) is 18.8. The van der Waals surface area contributed by atoms with E-state index in [-0.39, 0.29) is 11.4 Å². The molecule has 1 saturated carbocycles. The largest absolute Gasteiger partial charge is 0.364 e. The van der Waals surface area contributed by atoms with Crippen molar-refractivity contribution in [3.05, 3.63) is 35.9 Å². The van der Waals surface area contributed by atoms with E-state index in [9.17, 15) is 4.79 Å². The highest BCUT2D eigenvalue weighted by Gasteiger charge is 2.33. The van der Waals surface area contributed by atoms with Gasteiger partial charge in [0.1, 0.15) is 6.10 Å². The van der Waals surface area contributed by atoms with Crippen LogP contribution in [0.25, 0.3) is 0 Å². The van der Waals surface area contributed by atoms with Gasteiger partial charge in [0.25, 0.3) is 0 Å². The van der Waals surface area contributed by atoms with Crippen molar-refractivity contribution < 1.29 is 9.53 Å². The Balaban J connectivity index is 1.83. The van der Waals surface area contributed by atoms with Crippen LogP contribution in [0.3, 0.4) is 0 Å². The van der Waals surface area contributed by atoms with Crippen molar-refractivity contribution in [1.82, 2.24) is 10.2 Å². The first-order valence-corrected chi connectivity index (χ1v) is 9.14. The molecule has 0 bridgehead atoms. The number of nitrogens with one attached hydrogen (secondary N) is 1. The third-order valence-electron chi connectivity index (χ3n) is 5.29. The summed E-state index contributed by atoms with van der Waals surface area (Å²) in [6, 6.07) is 9.97. The summed E-state index contributed by atoms with van der Waals surface area (Å²) >= 11 is 0. The zero-order chi connectivity index (χ0) is 17.4. The minimum atomic E-state index is -0.435. The Hall–Kier alpha value is -1.39. The molecule has 0 radical (unpaired) electrons. The van der Waals surface area contributed by atoms with E-state index in [4.69, 9.17) is 4.74 Å². The van der Waals surface area contributed by atoms with E-state index in [1.807, 2.05) is 37.3 Å². The third kappa shape index (κ3) is 5.32. The van der Waals surface area contributed by atoms with Crippen LogP contribution in [-0.2, 0) is 16.1 Å². The second-order valence-electron chi connectivity index (χ2n) is 7.19. The lowest BCUT2D eigenvalue weighted by atomic mass is 9.88. The van der Waals surface area contributed by atoms with E-state index in [1.54, 1.807) is 0 Å². The third-order valence-corrected chi connectivity index (χ3v) is 5.29. The van der Waals surface area contributed by atoms with Gasteiger partial charge in [0.15, 0.2) is 0 Å². The summed E-state index contributed by atoms with van der Waals surface area (Å²) in [5, 5.41) is 3.13. The van der Waals surface area contributed by atoms with Gasteiger partial charge in [-0.05, 0) is 39.4 Å². The summed E-state index contributed by atoms with van der Waals surface area (Å²) in [7, 11) is 4.26. The molecular formula is C20H32N2O2. The van der Waals surface area contributed by atoms with Crippen molar-refractivity contribution in [2.45, 2.75) is 63.7 Å². The van der Waals surface area contributed by atoms with E-state index < -0.39 is 6.10 Å². The standard InChI is InChI=1S/C20H32N2O2/c1-17(24-15-18-11-7-6-8-12-18)19(23)21-16-20(22(2)3)13-9-4-5-10-14-20/h6-8,11-12,17H,4-5,9-10,13-16H2,1-3H3,(H,21,23)/t17-/m0/s1. The molecule has 1 fully saturated rings. The quantitative estimate of drug-likeness (QED) is 0.779. The molecule has 1 amide bonds. The number of likely N-dealkylation sites (N-methyl/N-ethyl adjacent to an activating group) is 1. The second kappa shape index (κ2) is 9.19. The molecule has 1 aliphatic rings. The van der Waals surface area contributed by atoms with Crippen LogP contribution >= 0.6 is 0 Å². The van der Waals surface area contributed by atoms with Crippen LogP contribution in [0, 0.1) is 0 Å². The van der Waals surface area contributed by atoms with Gasteiger partial charge in [-0.15, -0.1) is 0 Å². The maximum atomic E-state index is 12.4. The lowest BCUT2D eigenvalue weighted by molar-refractivity contribution is -0.133. The molecule has 1 aliphatic carbocycles. The smallest absolute Gasteiger partial charge is 0.248 e. The molecule has 0 aliphatic heterocycles. The number of carbonyl (C=O) groups is 1. The molecule has 4 nitrogen and oxygen atoms in total. The lowest BCUT2D eigenvalue weighted by Crippen LogP contribution is -2.53. The van der Waals surface area contributed by atoms with Gasteiger partial charge in [-0.2, -0.15) is 0 Å². The van der Waals surface area contributed by atoms with Crippen LogP contribution in [0.2, 0.25) is 0 Å². The van der Waals surface area contributed by atoms with E-state index >= 15 is 0 Å². The van der Waals surface area contributed by atoms with E-state index in [2.05, 4.69) is 24.3 Å². The number of hydrogen-bond acceptors (Lipinski definition) is 3. The molecule has 0 aromatic heterocycles. The van der Waals surface area contributed by atoms with Crippen LogP contribution in [0.4, 0.5) is 0 Å². The summed E-state index contributed by atoms with van der Waals surface area (Å²) in [5.41, 5.74) is 1.18. The minimum Gasteiger partial charge on any atom is -0.364 e. The fraction of sp³-hybridized carbons (Fsp3) is 0.650. The number of nitrogens with zero attached hydrogens (tertiary/aromatic N) is 1. The Morgan fingerprint density at radius 3 is 2.38 bits per heavy atom. The SMILES string of the molecule is C[C@H](OCc1ccccc1)C(=O)NCC1(N(C)C)CCCCCC1. The summed E-state index contributed by atoms with van der Waals surface area (Å²) in [4.78, 5) is 14.7. The van der Waals surface area contributed by atoms with Gasteiger partial charge >= 0.3 is 0 Å². The van der Waals surface area contributed by atoms with Gasteiger partial charge in [-0.25, -0.2) is 0 Å². The van der Waals surface area contributed by atoms with Gasteiger partial charge in [0.2, 0.25) is 5.91 Å². The molecule has 134 valence electrons. The molecular weight excluding hydrogens is 300 g/mol. The Labute approximate surface area is 146 Å². The second-order valence-corrected chi connectivity index (χ2v) is 7.19. The molecule has 1 N–H and O–H groups in total. The maximum Gasteiger partial charge on any atom is 0.248 e. The predicted octanol–water partition coefficient (Wildman–Crippen LogP) is 3.36. The summed E-state index contributed by atoms with van der Waals surface area (Å²) in [5.74, 6) is -0.0172. The van der Waals surface area contributed by atoms with Crippen LogP contribution in [0.5, 0.6) is 0 Å². The number of amides is 1. The average Bonchev–Trinajstić information content (AvgIpc) is 2.85. The van der Waals surface area contributed by atoms with Crippen LogP contribution in [0.15, 0.2) is 30.3 Å². The van der Waals surface area contributed by atoms with Crippen molar-refractivity contribution in [1.29, 1.82) is 0 Å². The Kier molecular flexibility index (Phi) is 7.25. The maximum absolute atomic E-state index is 12.4. The fourth-order valence-corrected chi connectivity index (χ4v) is 3.44. The zero-order valence-electron chi connectivity index (χ0n) is 15.4. The van der Waals surface area contributed by atoms with Crippen molar-refractivity contribution in [3.63, 3.8) is 0 Å². The molecule has 1 aromatic carbocycles. The molecule has 1 atom stereocenters. The molecule has 4 heteroatoms. The monoisotopic (exact) mass is 332 g/mol. The van der Waals surface area contributed by atoms with Gasteiger partial charge in [0, 0.05) is 12.1 Å². The minimum absolute atomic E-state index is 0.0172. The number of hydrogen-bond donors (Lipinski definition) is 1. The molecule has 2 rings (SSSR count). The number of benzene rings is 1. The molecule has 1 aromatic rings. The zero-order valence-corrected chi connectivity index (χ0v) is 15.4. The van der Waals surface area contributed by atoms with Crippen molar-refractivity contribution >= 4 is 5.91 Å². The van der Waals surface area contributed by atoms with Gasteiger partial charge < -0.3 is 15.0 Å². The van der Waals surface area contributed by atoms with Gasteiger partial charge in [0.05, 0.1) is 6.61 Å². The summed E-state index contributed by atoms with van der Waals surface area (Å²) < 4.78 is 5.72. The highest BCUT2D eigenvalue weighted by atomic mass is 16.5. The van der Waals surface area contributed by atoms with Crippen LogP contribution in [0.1, 0.15) is 51.0 Å². The number of ether oxygens (including phenoxy) is 1. The van der Waals surface area contributed by atoms with Crippen molar-refractivity contribution in [2.24, 2.45) is 0 Å². The fourth-order valence-electron chi connectivity index (χ4n) is 3.44. The Morgan fingerprint density at radius 1 is 1.17 bits per heavy atom. The van der Waals surface area contributed by atoms with Gasteiger partial charge in [-0.1, -0.05) is 56.0 Å². The van der Waals surface area contributed by atoms with Crippen LogP contribution < -0.4 is 5.32 Å². The predicted molar refractivity (Wildman–Crippen MR) is 97.8 cm³/mol. The Bertz CT molecular complexity index is 494. The highest BCUT2D eigenvalue weighted by molar-refractivity contribution is 5.80. The van der Waals surface area contributed by atoms with Crippen molar-refractivity contribution in [2.75, 3.05) is 20.6 Å². The van der Waals surface area contributed by atoms with E-state index in [1.165, 1.54) is 25.7 Å². The number of carbonyl (C=O) groups excluding carboxylic acids is 1. The van der Waals surface area contributed by atoms with Crippen LogP contribution in [-0.4, -0.2) is 43.1 Å². The molecule has 0 saturated heterocycles. The average molecular weight is 332 g/mol.